The Kier molecular flexibility index (Phi) is 7.53. The van der Waals surface area contributed by atoms with Gasteiger partial charge in [-0.3, -0.25) is 4.79 Å². The monoisotopic (exact) mass is 438 g/mol. The number of amides is 1. The molecule has 2 heterocycles. The minimum absolute atomic E-state index is 0.0361. The highest BCUT2D eigenvalue weighted by atomic mass is 32.2. The van der Waals surface area contributed by atoms with Crippen molar-refractivity contribution in [1.29, 1.82) is 0 Å². The molecule has 0 atom stereocenters. The Bertz CT molecular complexity index is 928. The SMILES string of the molecule is COCc1nc(CCN(C2CN(C(=O)COCc3ccccc3)C2)S(C)(=O)=O)no1. The van der Waals surface area contributed by atoms with Crippen LogP contribution in [0.25, 0.3) is 0 Å². The third-order valence-corrected chi connectivity index (χ3v) is 6.05. The Labute approximate surface area is 175 Å². The van der Waals surface area contributed by atoms with Gasteiger partial charge in [0.25, 0.3) is 5.89 Å². The summed E-state index contributed by atoms with van der Waals surface area (Å²) in [5.74, 6) is 0.601. The zero-order valence-corrected chi connectivity index (χ0v) is 17.9. The molecule has 3 rings (SSSR count). The van der Waals surface area contributed by atoms with Crippen molar-refractivity contribution in [2.75, 3.05) is 39.6 Å². The standard InChI is InChI=1S/C19H26N4O6S/c1-27-13-18-20-17(21-29-18)8-9-23(30(2,25)26)16-10-22(11-16)19(24)14-28-12-15-6-4-3-5-7-15/h3-7,16H,8-14H2,1-2H3. The first-order valence-corrected chi connectivity index (χ1v) is 11.4. The van der Waals surface area contributed by atoms with Gasteiger partial charge in [0.1, 0.15) is 13.2 Å². The fourth-order valence-electron chi connectivity index (χ4n) is 3.17. The van der Waals surface area contributed by atoms with Gasteiger partial charge in [-0.05, 0) is 5.56 Å². The lowest BCUT2D eigenvalue weighted by atomic mass is 10.1. The molecular weight excluding hydrogens is 412 g/mol. The van der Waals surface area contributed by atoms with Gasteiger partial charge in [-0.1, -0.05) is 35.5 Å². The van der Waals surface area contributed by atoms with Crippen molar-refractivity contribution < 1.29 is 27.2 Å². The van der Waals surface area contributed by atoms with Crippen LogP contribution < -0.4 is 0 Å². The van der Waals surface area contributed by atoms with Crippen LogP contribution in [0.4, 0.5) is 0 Å². The predicted molar refractivity (Wildman–Crippen MR) is 107 cm³/mol. The number of hydrogen-bond donors (Lipinski definition) is 0. The van der Waals surface area contributed by atoms with Crippen molar-refractivity contribution in [3.8, 4) is 0 Å². The summed E-state index contributed by atoms with van der Waals surface area (Å²) in [6, 6.07) is 9.32. The molecule has 0 radical (unpaired) electrons. The summed E-state index contributed by atoms with van der Waals surface area (Å²) >= 11 is 0. The number of ether oxygens (including phenoxy) is 2. The smallest absolute Gasteiger partial charge is 0.252 e. The molecule has 1 aromatic carbocycles. The number of sulfonamides is 1. The summed E-state index contributed by atoms with van der Waals surface area (Å²) in [6.07, 6.45) is 1.47. The largest absolute Gasteiger partial charge is 0.375 e. The van der Waals surface area contributed by atoms with Crippen LogP contribution in [0.1, 0.15) is 17.3 Å². The Hall–Kier alpha value is -2.34. The molecule has 2 aromatic rings. The molecule has 0 aliphatic carbocycles. The Morgan fingerprint density at radius 3 is 2.67 bits per heavy atom. The van der Waals surface area contributed by atoms with Crippen LogP contribution in [0.2, 0.25) is 0 Å². The lowest BCUT2D eigenvalue weighted by Gasteiger charge is -2.44. The number of nitrogens with zero attached hydrogens (tertiary/aromatic N) is 4. The van der Waals surface area contributed by atoms with Gasteiger partial charge >= 0.3 is 0 Å². The van der Waals surface area contributed by atoms with Gasteiger partial charge in [-0.15, -0.1) is 0 Å². The summed E-state index contributed by atoms with van der Waals surface area (Å²) in [5, 5.41) is 3.83. The van der Waals surface area contributed by atoms with Gasteiger partial charge in [0.15, 0.2) is 5.82 Å². The van der Waals surface area contributed by atoms with Gasteiger partial charge in [0.05, 0.1) is 18.9 Å². The van der Waals surface area contributed by atoms with Crippen LogP contribution in [0.3, 0.4) is 0 Å². The number of carbonyl (C=O) groups excluding carboxylic acids is 1. The zero-order valence-electron chi connectivity index (χ0n) is 17.1. The lowest BCUT2D eigenvalue weighted by molar-refractivity contribution is -0.142. The highest BCUT2D eigenvalue weighted by molar-refractivity contribution is 7.88. The highest BCUT2D eigenvalue weighted by Gasteiger charge is 2.38. The maximum absolute atomic E-state index is 12.3. The Morgan fingerprint density at radius 2 is 2.00 bits per heavy atom. The van der Waals surface area contributed by atoms with E-state index in [1.54, 1.807) is 4.90 Å². The molecular formula is C19H26N4O6S. The number of rotatable bonds is 11. The summed E-state index contributed by atoms with van der Waals surface area (Å²) in [7, 11) is -1.93. The molecule has 0 bridgehead atoms. The first kappa shape index (κ1) is 22.3. The second-order valence-electron chi connectivity index (χ2n) is 7.09. The van der Waals surface area contributed by atoms with Gasteiger partial charge in [0.2, 0.25) is 15.9 Å². The van der Waals surface area contributed by atoms with Gasteiger partial charge < -0.3 is 18.9 Å². The van der Waals surface area contributed by atoms with Gasteiger partial charge in [-0.25, -0.2) is 8.42 Å². The van der Waals surface area contributed by atoms with Crippen molar-refractivity contribution in [3.05, 3.63) is 47.6 Å². The van der Waals surface area contributed by atoms with Crippen molar-refractivity contribution in [2.24, 2.45) is 0 Å². The molecule has 1 saturated heterocycles. The van der Waals surface area contributed by atoms with Gasteiger partial charge in [-0.2, -0.15) is 9.29 Å². The van der Waals surface area contributed by atoms with Crippen molar-refractivity contribution in [1.82, 2.24) is 19.3 Å². The predicted octanol–water partition coefficient (Wildman–Crippen LogP) is 0.448. The normalized spacial score (nSPS) is 14.8. The topological polar surface area (TPSA) is 115 Å². The number of hydrogen-bond acceptors (Lipinski definition) is 8. The molecule has 0 unspecified atom stereocenters. The highest BCUT2D eigenvalue weighted by Crippen LogP contribution is 2.19. The second kappa shape index (κ2) is 10.1. The van der Waals surface area contributed by atoms with Crippen LogP contribution in [0.5, 0.6) is 0 Å². The number of aromatic nitrogens is 2. The molecule has 1 amide bonds. The Morgan fingerprint density at radius 1 is 1.27 bits per heavy atom. The fraction of sp³-hybridized carbons (Fsp3) is 0.526. The molecule has 1 fully saturated rings. The first-order chi connectivity index (χ1) is 14.4. The quantitative estimate of drug-likeness (QED) is 0.497. The van der Waals surface area contributed by atoms with E-state index in [9.17, 15) is 13.2 Å². The van der Waals surface area contributed by atoms with Crippen molar-refractivity contribution >= 4 is 15.9 Å². The van der Waals surface area contributed by atoms with Crippen molar-refractivity contribution in [2.45, 2.75) is 25.7 Å². The summed E-state index contributed by atoms with van der Waals surface area (Å²) < 4.78 is 41.2. The molecule has 1 aliphatic heterocycles. The number of benzene rings is 1. The van der Waals surface area contributed by atoms with Gasteiger partial charge in [0, 0.05) is 33.2 Å². The van der Waals surface area contributed by atoms with E-state index in [1.165, 1.54) is 11.4 Å². The molecule has 30 heavy (non-hydrogen) atoms. The van der Waals surface area contributed by atoms with Crippen LogP contribution in [-0.2, 0) is 43.9 Å². The van der Waals surface area contributed by atoms with E-state index < -0.39 is 10.0 Å². The van der Waals surface area contributed by atoms with Crippen LogP contribution in [0.15, 0.2) is 34.9 Å². The van der Waals surface area contributed by atoms with Crippen LogP contribution in [0, 0.1) is 0 Å². The third-order valence-electron chi connectivity index (χ3n) is 4.72. The summed E-state index contributed by atoms with van der Waals surface area (Å²) in [6.45, 7) is 1.40. The van der Waals surface area contributed by atoms with E-state index in [4.69, 9.17) is 14.0 Å². The molecule has 0 N–H and O–H groups in total. The molecule has 10 nitrogen and oxygen atoms in total. The molecule has 1 aromatic heterocycles. The summed E-state index contributed by atoms with van der Waals surface area (Å²) in [5.41, 5.74) is 0.991. The first-order valence-electron chi connectivity index (χ1n) is 9.53. The average Bonchev–Trinajstić information content (AvgIpc) is 3.11. The number of likely N-dealkylation sites (tertiary alicyclic amines) is 1. The van der Waals surface area contributed by atoms with E-state index in [1.807, 2.05) is 30.3 Å². The van der Waals surface area contributed by atoms with E-state index in [2.05, 4.69) is 10.1 Å². The summed E-state index contributed by atoms with van der Waals surface area (Å²) in [4.78, 5) is 18.0. The molecule has 11 heteroatoms. The molecule has 0 saturated carbocycles. The van der Waals surface area contributed by atoms with Crippen LogP contribution >= 0.6 is 0 Å². The zero-order chi connectivity index (χ0) is 21.6. The number of methoxy groups -OCH3 is 1. The number of carbonyl (C=O) groups is 1. The Balaban J connectivity index is 1.45. The maximum atomic E-state index is 12.3. The molecule has 1 aliphatic rings. The fourth-order valence-corrected chi connectivity index (χ4v) is 4.26. The minimum Gasteiger partial charge on any atom is -0.375 e. The van der Waals surface area contributed by atoms with E-state index >= 15 is 0 Å². The minimum atomic E-state index is -3.45. The lowest BCUT2D eigenvalue weighted by Crippen LogP contribution is -2.63. The van der Waals surface area contributed by atoms with E-state index in [-0.39, 0.29) is 31.7 Å². The van der Waals surface area contributed by atoms with E-state index in [0.29, 0.717) is 37.8 Å². The third kappa shape index (κ3) is 6.08. The average molecular weight is 439 g/mol. The molecule has 164 valence electrons. The molecule has 0 spiro atoms. The van der Waals surface area contributed by atoms with Crippen LogP contribution in [-0.4, -0.2) is 79.3 Å². The maximum Gasteiger partial charge on any atom is 0.252 e. The second-order valence-corrected chi connectivity index (χ2v) is 9.03. The van der Waals surface area contributed by atoms with E-state index in [0.717, 1.165) is 11.8 Å². The van der Waals surface area contributed by atoms with Crippen molar-refractivity contribution in [3.63, 3.8) is 0 Å².